The van der Waals surface area contributed by atoms with E-state index in [4.69, 9.17) is 9.47 Å². The Morgan fingerprint density at radius 1 is 1.38 bits per heavy atom. The number of Topliss-reactive ketones (excluding diaryl/α,β-unsaturated/α-hetero) is 1. The van der Waals surface area contributed by atoms with Crippen molar-refractivity contribution in [3.63, 3.8) is 0 Å². The van der Waals surface area contributed by atoms with E-state index in [0.29, 0.717) is 23.8 Å². The maximum absolute atomic E-state index is 11.7. The van der Waals surface area contributed by atoms with Gasteiger partial charge in [0.05, 0.1) is 7.11 Å². The van der Waals surface area contributed by atoms with Gasteiger partial charge in [-0.25, -0.2) is 0 Å². The van der Waals surface area contributed by atoms with Gasteiger partial charge in [0, 0.05) is 12.2 Å². The zero-order valence-corrected chi connectivity index (χ0v) is 10.0. The second-order valence-corrected chi connectivity index (χ2v) is 4.06. The molecule has 1 rings (SSSR count). The second-order valence-electron chi connectivity index (χ2n) is 4.06. The highest BCUT2D eigenvalue weighted by molar-refractivity contribution is 5.97. The molecule has 1 aromatic rings. The molecule has 88 valence electrons. The summed E-state index contributed by atoms with van der Waals surface area (Å²) in [6, 6.07) is 7.10. The predicted octanol–water partition coefficient (Wildman–Crippen LogP) is 2.55. The molecule has 3 nitrogen and oxygen atoms in total. The molecule has 0 saturated carbocycles. The molecule has 0 heterocycles. The molecule has 0 unspecified atom stereocenters. The van der Waals surface area contributed by atoms with Crippen molar-refractivity contribution in [3.05, 3.63) is 29.8 Å². The molecule has 0 aliphatic heterocycles. The van der Waals surface area contributed by atoms with Crippen molar-refractivity contribution in [2.45, 2.75) is 13.8 Å². The van der Waals surface area contributed by atoms with Crippen molar-refractivity contribution in [2.75, 3.05) is 20.3 Å². The van der Waals surface area contributed by atoms with E-state index >= 15 is 0 Å². The molecule has 0 aliphatic rings. The van der Waals surface area contributed by atoms with Gasteiger partial charge >= 0.3 is 0 Å². The van der Waals surface area contributed by atoms with E-state index in [9.17, 15) is 4.79 Å². The molecule has 0 fully saturated rings. The van der Waals surface area contributed by atoms with Gasteiger partial charge < -0.3 is 9.47 Å². The third-order valence-electron chi connectivity index (χ3n) is 2.08. The van der Waals surface area contributed by atoms with Crippen molar-refractivity contribution in [1.29, 1.82) is 0 Å². The Morgan fingerprint density at radius 2 is 2.12 bits per heavy atom. The van der Waals surface area contributed by atoms with Crippen LogP contribution in [0.5, 0.6) is 5.75 Å². The lowest BCUT2D eigenvalue weighted by molar-refractivity contribution is 0.0705. The van der Waals surface area contributed by atoms with Crippen molar-refractivity contribution in [1.82, 2.24) is 0 Å². The normalized spacial score (nSPS) is 10.5. The number of methoxy groups -OCH3 is 1. The third-order valence-corrected chi connectivity index (χ3v) is 2.08. The summed E-state index contributed by atoms with van der Waals surface area (Å²) in [7, 11) is 1.58. The van der Waals surface area contributed by atoms with E-state index in [1.807, 2.05) is 6.07 Å². The first kappa shape index (κ1) is 12.7. The van der Waals surface area contributed by atoms with Gasteiger partial charge in [-0.3, -0.25) is 4.79 Å². The van der Waals surface area contributed by atoms with Crippen molar-refractivity contribution in [2.24, 2.45) is 5.92 Å². The van der Waals surface area contributed by atoms with Crippen molar-refractivity contribution < 1.29 is 14.3 Å². The molecule has 0 amide bonds. The Balaban J connectivity index is 2.52. The summed E-state index contributed by atoms with van der Waals surface area (Å²) in [5, 5.41) is 0. The van der Waals surface area contributed by atoms with Crippen LogP contribution in [0.2, 0.25) is 0 Å². The third kappa shape index (κ3) is 4.03. The van der Waals surface area contributed by atoms with Crippen molar-refractivity contribution >= 4 is 5.78 Å². The molecular formula is C13H18O3. The smallest absolute Gasteiger partial charge is 0.188 e. The molecule has 0 spiro atoms. The fourth-order valence-corrected chi connectivity index (χ4v) is 1.27. The van der Waals surface area contributed by atoms with Crippen LogP contribution in [0.1, 0.15) is 24.2 Å². The fourth-order valence-electron chi connectivity index (χ4n) is 1.27. The standard InChI is InChI=1S/C13H18O3/c1-10(2)8-16-9-13(14)11-5-4-6-12(7-11)15-3/h4-7,10H,8-9H2,1-3H3. The van der Waals surface area contributed by atoms with Crippen LogP contribution in [0.15, 0.2) is 24.3 Å². The second kappa shape index (κ2) is 6.28. The monoisotopic (exact) mass is 222 g/mol. The number of ketones is 1. The first-order chi connectivity index (χ1) is 7.63. The first-order valence-electron chi connectivity index (χ1n) is 5.38. The summed E-state index contributed by atoms with van der Waals surface area (Å²) < 4.78 is 10.3. The predicted molar refractivity (Wildman–Crippen MR) is 63.0 cm³/mol. The summed E-state index contributed by atoms with van der Waals surface area (Å²) >= 11 is 0. The molecule has 3 heteroatoms. The average molecular weight is 222 g/mol. The van der Waals surface area contributed by atoms with Crippen LogP contribution in [0, 0.1) is 5.92 Å². The van der Waals surface area contributed by atoms with E-state index in [1.165, 1.54) is 0 Å². The minimum absolute atomic E-state index is 0.0143. The highest BCUT2D eigenvalue weighted by atomic mass is 16.5. The van der Waals surface area contributed by atoms with Gasteiger partial charge in [-0.2, -0.15) is 0 Å². The number of hydrogen-bond donors (Lipinski definition) is 0. The van der Waals surface area contributed by atoms with Gasteiger partial charge in [0.25, 0.3) is 0 Å². The molecule has 0 atom stereocenters. The molecule has 0 N–H and O–H groups in total. The number of hydrogen-bond acceptors (Lipinski definition) is 3. The quantitative estimate of drug-likeness (QED) is 0.694. The van der Waals surface area contributed by atoms with Gasteiger partial charge in [-0.1, -0.05) is 26.0 Å². The fraction of sp³-hybridized carbons (Fsp3) is 0.462. The lowest BCUT2D eigenvalue weighted by Crippen LogP contribution is -2.12. The zero-order chi connectivity index (χ0) is 12.0. The maximum atomic E-state index is 11.7. The summed E-state index contributed by atoms with van der Waals surface area (Å²) in [6.07, 6.45) is 0. The highest BCUT2D eigenvalue weighted by Gasteiger charge is 2.07. The molecular weight excluding hydrogens is 204 g/mol. The van der Waals surface area contributed by atoms with E-state index in [2.05, 4.69) is 13.8 Å². The number of benzene rings is 1. The molecule has 0 aliphatic carbocycles. The van der Waals surface area contributed by atoms with Crippen molar-refractivity contribution in [3.8, 4) is 5.75 Å². The lowest BCUT2D eigenvalue weighted by Gasteiger charge is -2.07. The maximum Gasteiger partial charge on any atom is 0.188 e. The Bertz CT molecular complexity index is 345. The Hall–Kier alpha value is -1.35. The van der Waals surface area contributed by atoms with Gasteiger partial charge in [-0.15, -0.1) is 0 Å². The van der Waals surface area contributed by atoms with Crippen LogP contribution in [-0.2, 0) is 4.74 Å². The first-order valence-corrected chi connectivity index (χ1v) is 5.38. The molecule has 0 bridgehead atoms. The van der Waals surface area contributed by atoms with E-state index in [0.717, 1.165) is 0 Å². The summed E-state index contributed by atoms with van der Waals surface area (Å²) in [5.74, 6) is 1.12. The lowest BCUT2D eigenvalue weighted by atomic mass is 10.1. The minimum atomic E-state index is -0.0143. The van der Waals surface area contributed by atoms with E-state index < -0.39 is 0 Å². The Labute approximate surface area is 96.4 Å². The van der Waals surface area contributed by atoms with E-state index in [-0.39, 0.29) is 12.4 Å². The molecule has 0 aromatic heterocycles. The largest absolute Gasteiger partial charge is 0.497 e. The number of carbonyl (C=O) groups excluding carboxylic acids is 1. The van der Waals surface area contributed by atoms with Crippen LogP contribution < -0.4 is 4.74 Å². The zero-order valence-electron chi connectivity index (χ0n) is 10.0. The molecule has 1 aromatic carbocycles. The molecule has 0 saturated heterocycles. The summed E-state index contributed by atoms with van der Waals surface area (Å²) in [6.45, 7) is 4.84. The molecule has 0 radical (unpaired) electrons. The SMILES string of the molecule is COc1cccc(C(=O)COCC(C)C)c1. The number of ether oxygens (including phenoxy) is 2. The van der Waals surface area contributed by atoms with Crippen LogP contribution in [0.4, 0.5) is 0 Å². The van der Waals surface area contributed by atoms with Crippen LogP contribution in [0.25, 0.3) is 0 Å². The van der Waals surface area contributed by atoms with Crippen LogP contribution in [0.3, 0.4) is 0 Å². The van der Waals surface area contributed by atoms with E-state index in [1.54, 1.807) is 25.3 Å². The Morgan fingerprint density at radius 3 is 2.75 bits per heavy atom. The highest BCUT2D eigenvalue weighted by Crippen LogP contribution is 2.13. The van der Waals surface area contributed by atoms with Gasteiger partial charge in [0.15, 0.2) is 5.78 Å². The average Bonchev–Trinajstić information content (AvgIpc) is 2.28. The minimum Gasteiger partial charge on any atom is -0.497 e. The van der Waals surface area contributed by atoms with Gasteiger partial charge in [0.1, 0.15) is 12.4 Å². The molecule has 16 heavy (non-hydrogen) atoms. The summed E-state index contributed by atoms with van der Waals surface area (Å²) in [4.78, 5) is 11.7. The summed E-state index contributed by atoms with van der Waals surface area (Å²) in [5.41, 5.74) is 0.628. The van der Waals surface area contributed by atoms with Gasteiger partial charge in [-0.05, 0) is 18.1 Å². The van der Waals surface area contributed by atoms with Crippen LogP contribution in [-0.4, -0.2) is 26.1 Å². The van der Waals surface area contributed by atoms with Gasteiger partial charge in [0.2, 0.25) is 0 Å². The number of rotatable bonds is 6. The Kier molecular flexibility index (Phi) is 4.99. The topological polar surface area (TPSA) is 35.5 Å². The van der Waals surface area contributed by atoms with Crippen LogP contribution >= 0.6 is 0 Å². The number of carbonyl (C=O) groups is 1.